The largest absolute Gasteiger partial charge is 0.379 e. The fourth-order valence-electron chi connectivity index (χ4n) is 3.31. The zero-order chi connectivity index (χ0) is 21.9. The van der Waals surface area contributed by atoms with Crippen LogP contribution in [0, 0.1) is 5.82 Å². The molecule has 3 rings (SSSR count). The Morgan fingerprint density at radius 1 is 1.09 bits per heavy atom. The number of rotatable bonds is 8. The minimum absolute atomic E-state index is 0. The number of nitrogens with zero attached hydrogens (tertiary/aromatic N) is 2. The maximum absolute atomic E-state index is 13.3. The van der Waals surface area contributed by atoms with Crippen molar-refractivity contribution in [3.63, 3.8) is 0 Å². The zero-order valence-corrected chi connectivity index (χ0v) is 20.6. The van der Waals surface area contributed by atoms with Gasteiger partial charge >= 0.3 is 0 Å². The van der Waals surface area contributed by atoms with Crippen LogP contribution in [0.5, 0.6) is 0 Å². The summed E-state index contributed by atoms with van der Waals surface area (Å²) in [4.78, 5) is 19.2. The molecule has 7 nitrogen and oxygen atoms in total. The van der Waals surface area contributed by atoms with E-state index >= 15 is 0 Å². The second-order valence-electron chi connectivity index (χ2n) is 7.26. The van der Waals surface area contributed by atoms with Crippen molar-refractivity contribution >= 4 is 41.5 Å². The van der Waals surface area contributed by atoms with E-state index < -0.39 is 5.82 Å². The van der Waals surface area contributed by atoms with Crippen LogP contribution in [0.25, 0.3) is 0 Å². The summed E-state index contributed by atoms with van der Waals surface area (Å²) in [5.74, 6) is -0.113. The molecule has 1 aliphatic heterocycles. The average molecular weight is 555 g/mol. The monoisotopic (exact) mass is 555 g/mol. The third-order valence-electron chi connectivity index (χ3n) is 4.89. The van der Waals surface area contributed by atoms with Gasteiger partial charge in [-0.05, 0) is 36.2 Å². The molecule has 0 aliphatic carbocycles. The molecule has 1 aliphatic rings. The number of carbonyl (C=O) groups excluding carboxylic acids is 1. The van der Waals surface area contributed by atoms with Gasteiger partial charge in [0.05, 0.1) is 26.3 Å². The van der Waals surface area contributed by atoms with Crippen LogP contribution < -0.4 is 16.0 Å². The van der Waals surface area contributed by atoms with E-state index in [0.29, 0.717) is 24.7 Å². The summed E-state index contributed by atoms with van der Waals surface area (Å²) in [6.45, 7) is 7.45. The molecule has 9 heteroatoms. The average Bonchev–Trinajstić information content (AvgIpc) is 2.77. The van der Waals surface area contributed by atoms with Crippen molar-refractivity contribution in [2.45, 2.75) is 20.0 Å². The summed E-state index contributed by atoms with van der Waals surface area (Å²) in [6, 6.07) is 14.1. The standard InChI is InChI=1S/C23H30FN5O2.HI/c1-2-25-23(27-16-22(30)28-21-9-5-8-20(24)14-21)26-15-18-6-3-4-7-19(18)17-29-10-12-31-13-11-29;/h3-9,14H,2,10-13,15-17H2,1H3,(H,28,30)(H2,25,26,27);1H. The fourth-order valence-corrected chi connectivity index (χ4v) is 3.31. The first-order valence-electron chi connectivity index (χ1n) is 10.6. The highest BCUT2D eigenvalue weighted by Gasteiger charge is 2.13. The van der Waals surface area contributed by atoms with Crippen LogP contribution in [-0.2, 0) is 22.6 Å². The lowest BCUT2D eigenvalue weighted by atomic mass is 10.1. The van der Waals surface area contributed by atoms with Gasteiger partial charge in [0.25, 0.3) is 0 Å². The lowest BCUT2D eigenvalue weighted by molar-refractivity contribution is -0.115. The van der Waals surface area contributed by atoms with Gasteiger partial charge in [-0.25, -0.2) is 9.38 Å². The van der Waals surface area contributed by atoms with Gasteiger partial charge in [-0.3, -0.25) is 9.69 Å². The number of benzene rings is 2. The predicted molar refractivity (Wildman–Crippen MR) is 136 cm³/mol. The van der Waals surface area contributed by atoms with E-state index in [2.05, 4.69) is 38.0 Å². The molecule has 0 aromatic heterocycles. The van der Waals surface area contributed by atoms with Crippen molar-refractivity contribution in [3.05, 3.63) is 65.5 Å². The molecule has 2 aromatic rings. The normalized spacial score (nSPS) is 14.4. The lowest BCUT2D eigenvalue weighted by Crippen LogP contribution is -2.41. The van der Waals surface area contributed by atoms with E-state index in [1.165, 1.54) is 17.7 Å². The Morgan fingerprint density at radius 3 is 2.56 bits per heavy atom. The molecule has 1 saturated heterocycles. The number of halogens is 2. The summed E-state index contributed by atoms with van der Waals surface area (Å²) in [5.41, 5.74) is 2.81. The minimum atomic E-state index is -0.392. The first kappa shape index (κ1) is 26.0. The highest BCUT2D eigenvalue weighted by atomic mass is 127. The van der Waals surface area contributed by atoms with Crippen molar-refractivity contribution in [1.29, 1.82) is 0 Å². The molecule has 3 N–H and O–H groups in total. The number of hydrogen-bond acceptors (Lipinski definition) is 4. The molecule has 0 unspecified atom stereocenters. The second-order valence-corrected chi connectivity index (χ2v) is 7.26. The Labute approximate surface area is 205 Å². The molecular weight excluding hydrogens is 524 g/mol. The minimum Gasteiger partial charge on any atom is -0.379 e. The van der Waals surface area contributed by atoms with Crippen LogP contribution in [0.1, 0.15) is 18.1 Å². The Hall–Kier alpha value is -2.24. The van der Waals surface area contributed by atoms with Gasteiger partial charge in [0.2, 0.25) is 5.91 Å². The predicted octanol–water partition coefficient (Wildman–Crippen LogP) is 2.97. The molecule has 1 amide bonds. The molecule has 0 spiro atoms. The molecule has 0 saturated carbocycles. The summed E-state index contributed by atoms with van der Waals surface area (Å²) < 4.78 is 18.7. The van der Waals surface area contributed by atoms with Crippen LogP contribution >= 0.6 is 24.0 Å². The first-order chi connectivity index (χ1) is 15.1. The Bertz CT molecular complexity index is 890. The number of aliphatic imine (C=N–C) groups is 1. The van der Waals surface area contributed by atoms with Gasteiger partial charge in [-0.15, -0.1) is 24.0 Å². The van der Waals surface area contributed by atoms with E-state index in [0.717, 1.165) is 38.4 Å². The SMILES string of the molecule is CCNC(=NCc1ccccc1CN1CCOCC1)NCC(=O)Nc1cccc(F)c1.I. The Morgan fingerprint density at radius 2 is 1.84 bits per heavy atom. The van der Waals surface area contributed by atoms with Gasteiger partial charge in [-0.2, -0.15) is 0 Å². The Balaban J connectivity index is 0.00000363. The van der Waals surface area contributed by atoms with Crippen molar-refractivity contribution in [3.8, 4) is 0 Å². The maximum atomic E-state index is 13.3. The number of hydrogen-bond donors (Lipinski definition) is 3. The fraction of sp³-hybridized carbons (Fsp3) is 0.391. The number of nitrogens with one attached hydrogen (secondary N) is 3. The van der Waals surface area contributed by atoms with E-state index in [-0.39, 0.29) is 36.4 Å². The molecular formula is C23H31FIN5O2. The topological polar surface area (TPSA) is 78.0 Å². The molecule has 2 aromatic carbocycles. The second kappa shape index (κ2) is 14.0. The number of amides is 1. The van der Waals surface area contributed by atoms with Crippen molar-refractivity contribution in [2.75, 3.05) is 44.7 Å². The summed E-state index contributed by atoms with van der Waals surface area (Å²) >= 11 is 0. The van der Waals surface area contributed by atoms with Crippen molar-refractivity contribution in [1.82, 2.24) is 15.5 Å². The summed E-state index contributed by atoms with van der Waals surface area (Å²) in [6.07, 6.45) is 0. The van der Waals surface area contributed by atoms with Crippen LogP contribution in [0.4, 0.5) is 10.1 Å². The molecule has 174 valence electrons. The van der Waals surface area contributed by atoms with E-state index in [4.69, 9.17) is 4.74 Å². The highest BCUT2D eigenvalue weighted by Crippen LogP contribution is 2.14. The lowest BCUT2D eigenvalue weighted by Gasteiger charge is -2.27. The van der Waals surface area contributed by atoms with Crippen LogP contribution in [0.2, 0.25) is 0 Å². The first-order valence-corrected chi connectivity index (χ1v) is 10.6. The molecule has 32 heavy (non-hydrogen) atoms. The van der Waals surface area contributed by atoms with Crippen molar-refractivity contribution in [2.24, 2.45) is 4.99 Å². The molecule has 0 bridgehead atoms. The smallest absolute Gasteiger partial charge is 0.243 e. The Kier molecular flexibility index (Phi) is 11.4. The molecule has 1 fully saturated rings. The summed E-state index contributed by atoms with van der Waals surface area (Å²) in [7, 11) is 0. The van der Waals surface area contributed by atoms with Crippen molar-refractivity contribution < 1.29 is 13.9 Å². The number of anilines is 1. The van der Waals surface area contributed by atoms with Crippen LogP contribution in [0.15, 0.2) is 53.5 Å². The van der Waals surface area contributed by atoms with Crippen LogP contribution in [0.3, 0.4) is 0 Å². The third-order valence-corrected chi connectivity index (χ3v) is 4.89. The number of guanidine groups is 1. The maximum Gasteiger partial charge on any atom is 0.243 e. The van der Waals surface area contributed by atoms with Gasteiger partial charge in [0.1, 0.15) is 5.82 Å². The quantitative estimate of drug-likeness (QED) is 0.265. The molecule has 0 atom stereocenters. The van der Waals surface area contributed by atoms with Gasteiger partial charge in [-0.1, -0.05) is 30.3 Å². The number of ether oxygens (including phenoxy) is 1. The number of morpholine rings is 1. The van der Waals surface area contributed by atoms with E-state index in [1.807, 2.05) is 19.1 Å². The summed E-state index contributed by atoms with van der Waals surface area (Å²) in [5, 5.41) is 8.86. The number of carbonyl (C=O) groups is 1. The van der Waals surface area contributed by atoms with E-state index in [9.17, 15) is 9.18 Å². The van der Waals surface area contributed by atoms with E-state index in [1.54, 1.807) is 12.1 Å². The highest BCUT2D eigenvalue weighted by molar-refractivity contribution is 14.0. The third kappa shape index (κ3) is 8.71. The van der Waals surface area contributed by atoms with Gasteiger partial charge < -0.3 is 20.7 Å². The zero-order valence-electron chi connectivity index (χ0n) is 18.3. The van der Waals surface area contributed by atoms with Crippen LogP contribution in [-0.4, -0.2) is 56.2 Å². The molecule has 1 heterocycles. The van der Waals surface area contributed by atoms with Gasteiger partial charge in [0.15, 0.2) is 5.96 Å². The molecule has 0 radical (unpaired) electrons. The van der Waals surface area contributed by atoms with Gasteiger partial charge in [0, 0.05) is 31.9 Å².